The molecule has 3 rings (SSSR count). The average molecular weight is 386 g/mol. The summed E-state index contributed by atoms with van der Waals surface area (Å²) in [6.45, 7) is 3.25. The molecular weight excluding hydrogens is 367 g/mol. The zero-order valence-corrected chi connectivity index (χ0v) is 15.4. The van der Waals surface area contributed by atoms with Crippen molar-refractivity contribution in [3.8, 4) is 0 Å². The number of benzene rings is 2. The molecule has 0 aliphatic carbocycles. The molecule has 0 amide bonds. The smallest absolute Gasteiger partial charge is 0.244 e. The summed E-state index contributed by atoms with van der Waals surface area (Å²) in [6.07, 6.45) is 0. The van der Waals surface area contributed by atoms with Crippen LogP contribution in [0.5, 0.6) is 0 Å². The van der Waals surface area contributed by atoms with Gasteiger partial charge in [-0.05, 0) is 18.2 Å². The van der Waals surface area contributed by atoms with Crippen molar-refractivity contribution in [1.82, 2.24) is 4.31 Å². The van der Waals surface area contributed by atoms with Crippen molar-refractivity contribution in [2.45, 2.75) is 11.4 Å². The molecule has 2 aromatic rings. The van der Waals surface area contributed by atoms with E-state index in [1.807, 2.05) is 24.3 Å². The van der Waals surface area contributed by atoms with Crippen LogP contribution in [0.1, 0.15) is 5.56 Å². The molecule has 1 N–H and O–H groups in total. The highest BCUT2D eigenvalue weighted by atomic mass is 35.5. The molecule has 1 heterocycles. The van der Waals surface area contributed by atoms with Gasteiger partial charge in [0, 0.05) is 10.6 Å². The first-order chi connectivity index (χ1) is 11.5. The SMILES string of the molecule is O=S(=O)(c1ccccc1Cl)N1CC[NH+](Cc2ccccc2Cl)CC1. The van der Waals surface area contributed by atoms with Crippen molar-refractivity contribution in [2.75, 3.05) is 26.2 Å². The van der Waals surface area contributed by atoms with Gasteiger partial charge in [0.2, 0.25) is 10.0 Å². The molecule has 0 bridgehead atoms. The third-order valence-electron chi connectivity index (χ3n) is 4.28. The Labute approximate surface area is 152 Å². The van der Waals surface area contributed by atoms with Crippen LogP contribution in [-0.4, -0.2) is 38.9 Å². The van der Waals surface area contributed by atoms with E-state index >= 15 is 0 Å². The van der Waals surface area contributed by atoms with Crippen LogP contribution in [0.25, 0.3) is 0 Å². The summed E-state index contributed by atoms with van der Waals surface area (Å²) in [7, 11) is -3.54. The van der Waals surface area contributed by atoms with Crippen LogP contribution in [0.15, 0.2) is 53.4 Å². The second kappa shape index (κ2) is 7.42. The van der Waals surface area contributed by atoms with Gasteiger partial charge in [0.15, 0.2) is 0 Å². The van der Waals surface area contributed by atoms with Gasteiger partial charge in [0.25, 0.3) is 0 Å². The maximum atomic E-state index is 12.7. The lowest BCUT2D eigenvalue weighted by Gasteiger charge is -2.31. The number of nitrogens with one attached hydrogen (secondary N) is 1. The summed E-state index contributed by atoms with van der Waals surface area (Å²) in [5.41, 5.74) is 1.09. The van der Waals surface area contributed by atoms with Crippen LogP contribution < -0.4 is 4.90 Å². The highest BCUT2D eigenvalue weighted by Crippen LogP contribution is 2.24. The van der Waals surface area contributed by atoms with Crippen LogP contribution in [-0.2, 0) is 16.6 Å². The highest BCUT2D eigenvalue weighted by Gasteiger charge is 2.31. The summed E-state index contributed by atoms with van der Waals surface area (Å²) in [4.78, 5) is 1.51. The van der Waals surface area contributed by atoms with E-state index in [-0.39, 0.29) is 9.92 Å². The first-order valence-electron chi connectivity index (χ1n) is 7.80. The summed E-state index contributed by atoms with van der Waals surface area (Å²) >= 11 is 12.3. The average Bonchev–Trinajstić information content (AvgIpc) is 2.58. The van der Waals surface area contributed by atoms with E-state index in [1.54, 1.807) is 24.3 Å². The Morgan fingerprint density at radius 3 is 2.12 bits per heavy atom. The fraction of sp³-hybridized carbons (Fsp3) is 0.294. The van der Waals surface area contributed by atoms with E-state index in [2.05, 4.69) is 0 Å². The molecule has 0 aromatic heterocycles. The first kappa shape index (κ1) is 17.7. The molecule has 7 heteroatoms. The Morgan fingerprint density at radius 1 is 0.917 bits per heavy atom. The number of rotatable bonds is 4. The fourth-order valence-electron chi connectivity index (χ4n) is 2.92. The van der Waals surface area contributed by atoms with Gasteiger partial charge >= 0.3 is 0 Å². The lowest BCUT2D eigenvalue weighted by atomic mass is 10.2. The quantitative estimate of drug-likeness (QED) is 0.875. The van der Waals surface area contributed by atoms with Crippen LogP contribution in [0, 0.1) is 0 Å². The molecule has 2 aromatic carbocycles. The minimum Gasteiger partial charge on any atom is -0.329 e. The molecule has 1 saturated heterocycles. The van der Waals surface area contributed by atoms with E-state index in [1.165, 1.54) is 9.21 Å². The standard InChI is InChI=1S/C17H18Cl2N2O2S/c18-15-6-2-1-5-14(15)13-20-9-11-21(12-10-20)24(22,23)17-8-4-3-7-16(17)19/h1-8H,9-13H2/p+1. The highest BCUT2D eigenvalue weighted by molar-refractivity contribution is 7.89. The number of halogens is 2. The topological polar surface area (TPSA) is 41.8 Å². The summed E-state index contributed by atoms with van der Waals surface area (Å²) in [5.74, 6) is 0. The maximum absolute atomic E-state index is 12.7. The van der Waals surface area contributed by atoms with Gasteiger partial charge in [-0.2, -0.15) is 4.31 Å². The monoisotopic (exact) mass is 385 g/mol. The Bertz CT molecular complexity index is 819. The van der Waals surface area contributed by atoms with E-state index in [0.717, 1.165) is 30.2 Å². The number of quaternary nitrogens is 1. The van der Waals surface area contributed by atoms with Crippen molar-refractivity contribution in [3.63, 3.8) is 0 Å². The lowest BCUT2D eigenvalue weighted by Crippen LogP contribution is -3.13. The number of sulfonamides is 1. The number of piperazine rings is 1. The predicted molar refractivity (Wildman–Crippen MR) is 96.1 cm³/mol. The second-order valence-electron chi connectivity index (χ2n) is 5.85. The van der Waals surface area contributed by atoms with E-state index in [0.29, 0.717) is 13.1 Å². The molecular formula is C17H19Cl2N2O2S+. The van der Waals surface area contributed by atoms with Gasteiger partial charge in [-0.3, -0.25) is 0 Å². The molecule has 1 fully saturated rings. The van der Waals surface area contributed by atoms with Crippen molar-refractivity contribution in [1.29, 1.82) is 0 Å². The van der Waals surface area contributed by atoms with Gasteiger partial charge in [0.1, 0.15) is 11.4 Å². The van der Waals surface area contributed by atoms with E-state index in [4.69, 9.17) is 23.2 Å². The fourth-order valence-corrected chi connectivity index (χ4v) is 5.06. The number of hydrogen-bond donors (Lipinski definition) is 1. The third-order valence-corrected chi connectivity index (χ3v) is 7.05. The van der Waals surface area contributed by atoms with Crippen LogP contribution >= 0.6 is 23.2 Å². The Hall–Kier alpha value is -1.11. The summed E-state index contributed by atoms with van der Waals surface area (Å²) < 4.78 is 27.0. The normalized spacial score (nSPS) is 17.1. The van der Waals surface area contributed by atoms with Crippen molar-refractivity contribution >= 4 is 33.2 Å². The molecule has 0 spiro atoms. The van der Waals surface area contributed by atoms with Crippen LogP contribution in [0.3, 0.4) is 0 Å². The minimum absolute atomic E-state index is 0.182. The Balaban J connectivity index is 1.67. The van der Waals surface area contributed by atoms with E-state index in [9.17, 15) is 8.42 Å². The molecule has 0 saturated carbocycles. The first-order valence-corrected chi connectivity index (χ1v) is 10.00. The van der Waals surface area contributed by atoms with Crippen molar-refractivity contribution in [3.05, 3.63) is 64.1 Å². The second-order valence-corrected chi connectivity index (χ2v) is 8.57. The van der Waals surface area contributed by atoms with Gasteiger partial charge in [-0.1, -0.05) is 53.5 Å². The van der Waals surface area contributed by atoms with Crippen molar-refractivity contribution in [2.24, 2.45) is 0 Å². The molecule has 24 heavy (non-hydrogen) atoms. The molecule has 128 valence electrons. The maximum Gasteiger partial charge on any atom is 0.244 e. The number of hydrogen-bond acceptors (Lipinski definition) is 2. The summed E-state index contributed by atoms with van der Waals surface area (Å²) in [5, 5.41) is 1.03. The number of nitrogens with zero attached hydrogens (tertiary/aromatic N) is 1. The largest absolute Gasteiger partial charge is 0.329 e. The zero-order chi connectivity index (χ0) is 17.2. The van der Waals surface area contributed by atoms with Gasteiger partial charge in [-0.25, -0.2) is 8.42 Å². The Kier molecular flexibility index (Phi) is 5.47. The van der Waals surface area contributed by atoms with Gasteiger partial charge in [0.05, 0.1) is 31.2 Å². The van der Waals surface area contributed by atoms with Gasteiger partial charge < -0.3 is 4.90 Å². The van der Waals surface area contributed by atoms with Crippen molar-refractivity contribution < 1.29 is 13.3 Å². The van der Waals surface area contributed by atoms with Crippen LogP contribution in [0.2, 0.25) is 10.0 Å². The molecule has 0 unspecified atom stereocenters. The predicted octanol–water partition coefficient (Wildman–Crippen LogP) is 2.08. The molecule has 0 atom stereocenters. The Morgan fingerprint density at radius 2 is 1.50 bits per heavy atom. The van der Waals surface area contributed by atoms with Gasteiger partial charge in [-0.15, -0.1) is 0 Å². The lowest BCUT2D eigenvalue weighted by molar-refractivity contribution is -0.917. The molecule has 1 aliphatic rings. The molecule has 1 aliphatic heterocycles. The summed E-state index contributed by atoms with van der Waals surface area (Å²) in [6, 6.07) is 14.4. The third kappa shape index (κ3) is 3.76. The molecule has 0 radical (unpaired) electrons. The molecule has 4 nitrogen and oxygen atoms in total. The van der Waals surface area contributed by atoms with E-state index < -0.39 is 10.0 Å². The minimum atomic E-state index is -3.54. The zero-order valence-electron chi connectivity index (χ0n) is 13.1. The van der Waals surface area contributed by atoms with Crippen LogP contribution in [0.4, 0.5) is 0 Å².